The third-order valence-corrected chi connectivity index (χ3v) is 3.06. The molecule has 0 amide bonds. The predicted molar refractivity (Wildman–Crippen MR) is 64.4 cm³/mol. The lowest BCUT2D eigenvalue weighted by atomic mass is 10.1. The number of rotatable bonds is 4. The van der Waals surface area contributed by atoms with Crippen LogP contribution in [-0.2, 0) is 11.3 Å². The van der Waals surface area contributed by atoms with Crippen LogP contribution in [0.2, 0.25) is 0 Å². The van der Waals surface area contributed by atoms with Crippen LogP contribution in [0.5, 0.6) is 0 Å². The average molecular weight is 220 g/mol. The second-order valence-corrected chi connectivity index (χ2v) is 4.76. The van der Waals surface area contributed by atoms with E-state index in [1.54, 1.807) is 7.11 Å². The Labute approximate surface area is 97.4 Å². The fourth-order valence-corrected chi connectivity index (χ4v) is 1.94. The van der Waals surface area contributed by atoms with Crippen molar-refractivity contribution in [2.24, 2.45) is 0 Å². The van der Waals surface area contributed by atoms with Crippen LogP contribution in [0.15, 0.2) is 18.2 Å². The Morgan fingerprint density at radius 1 is 1.44 bits per heavy atom. The van der Waals surface area contributed by atoms with Crippen molar-refractivity contribution in [1.29, 1.82) is 0 Å². The average Bonchev–Trinajstić information content (AvgIpc) is 2.23. The van der Waals surface area contributed by atoms with E-state index < -0.39 is 0 Å². The van der Waals surface area contributed by atoms with E-state index in [4.69, 9.17) is 4.74 Å². The Kier molecular flexibility index (Phi) is 3.56. The van der Waals surface area contributed by atoms with E-state index in [1.807, 2.05) is 0 Å². The number of likely N-dealkylation sites (tertiary alicyclic amines) is 1. The van der Waals surface area contributed by atoms with Gasteiger partial charge in [0.1, 0.15) is 0 Å². The summed E-state index contributed by atoms with van der Waals surface area (Å²) in [5.41, 5.74) is 2.35. The third-order valence-electron chi connectivity index (χ3n) is 3.06. The van der Waals surface area contributed by atoms with Crippen molar-refractivity contribution in [3.8, 4) is 0 Å². The summed E-state index contributed by atoms with van der Waals surface area (Å²) in [6.45, 7) is 7.36. The highest BCUT2D eigenvalue weighted by Crippen LogP contribution is 2.16. The Hall–Kier alpha value is -0.930. The van der Waals surface area contributed by atoms with E-state index in [0.717, 1.165) is 19.6 Å². The maximum atomic E-state index is 5.25. The minimum absolute atomic E-state index is 0.424. The van der Waals surface area contributed by atoms with Crippen LogP contribution in [0.4, 0.5) is 0 Å². The summed E-state index contributed by atoms with van der Waals surface area (Å²) in [6.07, 6.45) is 0.424. The zero-order chi connectivity index (χ0) is 11.5. The molecule has 1 aromatic heterocycles. The molecule has 88 valence electrons. The second kappa shape index (κ2) is 4.93. The van der Waals surface area contributed by atoms with E-state index in [-0.39, 0.29) is 0 Å². The minimum atomic E-state index is 0.424. The van der Waals surface area contributed by atoms with Gasteiger partial charge in [0.05, 0.1) is 11.8 Å². The third kappa shape index (κ3) is 2.60. The fourth-order valence-electron chi connectivity index (χ4n) is 1.94. The van der Waals surface area contributed by atoms with E-state index in [0.29, 0.717) is 12.0 Å². The molecule has 16 heavy (non-hydrogen) atoms. The summed E-state index contributed by atoms with van der Waals surface area (Å²) in [4.78, 5) is 7.02. The van der Waals surface area contributed by atoms with Crippen LogP contribution < -0.4 is 0 Å². The summed E-state index contributed by atoms with van der Waals surface area (Å²) >= 11 is 0. The molecule has 0 aliphatic carbocycles. The molecular formula is C13H20N2O. The second-order valence-electron chi connectivity index (χ2n) is 4.76. The van der Waals surface area contributed by atoms with Gasteiger partial charge in [0.15, 0.2) is 0 Å². The molecule has 0 N–H and O–H groups in total. The van der Waals surface area contributed by atoms with Gasteiger partial charge in [0, 0.05) is 32.4 Å². The normalized spacial score (nSPS) is 17.8. The summed E-state index contributed by atoms with van der Waals surface area (Å²) in [5, 5.41) is 0. The largest absolute Gasteiger partial charge is 0.379 e. The van der Waals surface area contributed by atoms with Crippen LogP contribution >= 0.6 is 0 Å². The molecule has 0 aromatic carbocycles. The predicted octanol–water partition coefficient (Wildman–Crippen LogP) is 2.04. The maximum Gasteiger partial charge on any atom is 0.0825 e. The fraction of sp³-hybridized carbons (Fsp3) is 0.615. The highest BCUT2D eigenvalue weighted by Gasteiger charge is 2.26. The van der Waals surface area contributed by atoms with Crippen molar-refractivity contribution in [3.05, 3.63) is 29.6 Å². The van der Waals surface area contributed by atoms with Crippen LogP contribution in [0.25, 0.3) is 0 Å². The lowest BCUT2D eigenvalue weighted by Crippen LogP contribution is -2.51. The first-order chi connectivity index (χ1) is 7.69. The number of methoxy groups -OCH3 is 1. The van der Waals surface area contributed by atoms with Gasteiger partial charge in [-0.05, 0) is 18.1 Å². The van der Waals surface area contributed by atoms with Crippen LogP contribution in [0.3, 0.4) is 0 Å². The number of pyridine rings is 1. The minimum Gasteiger partial charge on any atom is -0.379 e. The number of hydrogen-bond acceptors (Lipinski definition) is 3. The maximum absolute atomic E-state index is 5.25. The SMILES string of the molecule is COC1CN(Cc2cccc(C(C)C)n2)C1. The molecule has 2 rings (SSSR count). The first-order valence-corrected chi connectivity index (χ1v) is 5.90. The molecule has 3 heteroatoms. The van der Waals surface area contributed by atoms with Crippen molar-refractivity contribution in [2.45, 2.75) is 32.4 Å². The van der Waals surface area contributed by atoms with Crippen molar-refractivity contribution in [2.75, 3.05) is 20.2 Å². The lowest BCUT2D eigenvalue weighted by Gasteiger charge is -2.37. The molecule has 0 bridgehead atoms. The molecule has 1 saturated heterocycles. The molecule has 3 nitrogen and oxygen atoms in total. The van der Waals surface area contributed by atoms with E-state index in [1.165, 1.54) is 11.4 Å². The summed E-state index contributed by atoms with van der Waals surface area (Å²) < 4.78 is 5.25. The Bertz CT molecular complexity index is 346. The molecule has 0 atom stereocenters. The van der Waals surface area contributed by atoms with Gasteiger partial charge < -0.3 is 4.74 Å². The zero-order valence-corrected chi connectivity index (χ0v) is 10.3. The van der Waals surface area contributed by atoms with Crippen molar-refractivity contribution in [3.63, 3.8) is 0 Å². The Morgan fingerprint density at radius 3 is 2.81 bits per heavy atom. The summed E-state index contributed by atoms with van der Waals surface area (Å²) in [6, 6.07) is 6.31. The molecular weight excluding hydrogens is 200 g/mol. The smallest absolute Gasteiger partial charge is 0.0825 e. The molecule has 2 heterocycles. The van der Waals surface area contributed by atoms with Crippen molar-refractivity contribution >= 4 is 0 Å². The van der Waals surface area contributed by atoms with E-state index >= 15 is 0 Å². The zero-order valence-electron chi connectivity index (χ0n) is 10.3. The van der Waals surface area contributed by atoms with Gasteiger partial charge in [0.2, 0.25) is 0 Å². The topological polar surface area (TPSA) is 25.4 Å². The van der Waals surface area contributed by atoms with E-state index in [2.05, 4.69) is 41.9 Å². The molecule has 0 radical (unpaired) electrons. The highest BCUT2D eigenvalue weighted by molar-refractivity contribution is 5.14. The highest BCUT2D eigenvalue weighted by atomic mass is 16.5. The lowest BCUT2D eigenvalue weighted by molar-refractivity contribution is -0.0339. The molecule has 1 aliphatic rings. The van der Waals surface area contributed by atoms with Gasteiger partial charge in [0.25, 0.3) is 0 Å². The quantitative estimate of drug-likeness (QED) is 0.776. The molecule has 0 spiro atoms. The number of hydrogen-bond donors (Lipinski definition) is 0. The van der Waals surface area contributed by atoms with Gasteiger partial charge in [-0.1, -0.05) is 19.9 Å². The Balaban J connectivity index is 1.92. The van der Waals surface area contributed by atoms with Crippen LogP contribution in [-0.4, -0.2) is 36.2 Å². The van der Waals surface area contributed by atoms with Crippen LogP contribution in [0.1, 0.15) is 31.2 Å². The van der Waals surface area contributed by atoms with Gasteiger partial charge in [-0.25, -0.2) is 0 Å². The number of ether oxygens (including phenoxy) is 1. The standard InChI is InChI=1S/C13H20N2O/c1-10(2)13-6-4-5-11(14-13)7-15-8-12(9-15)16-3/h4-6,10,12H,7-9H2,1-3H3. The van der Waals surface area contributed by atoms with E-state index in [9.17, 15) is 0 Å². The number of nitrogens with zero attached hydrogens (tertiary/aromatic N) is 2. The van der Waals surface area contributed by atoms with Gasteiger partial charge in [-0.2, -0.15) is 0 Å². The molecule has 0 unspecified atom stereocenters. The van der Waals surface area contributed by atoms with Gasteiger partial charge in [-0.15, -0.1) is 0 Å². The van der Waals surface area contributed by atoms with Gasteiger partial charge >= 0.3 is 0 Å². The van der Waals surface area contributed by atoms with Crippen molar-refractivity contribution < 1.29 is 4.74 Å². The van der Waals surface area contributed by atoms with Crippen LogP contribution in [0, 0.1) is 0 Å². The summed E-state index contributed by atoms with van der Waals surface area (Å²) in [7, 11) is 1.78. The number of aromatic nitrogens is 1. The first-order valence-electron chi connectivity index (χ1n) is 5.90. The molecule has 1 aromatic rings. The molecule has 0 saturated carbocycles. The first kappa shape index (κ1) is 11.6. The van der Waals surface area contributed by atoms with Crippen molar-refractivity contribution in [1.82, 2.24) is 9.88 Å². The van der Waals surface area contributed by atoms with Gasteiger partial charge in [-0.3, -0.25) is 9.88 Å². The summed E-state index contributed by atoms with van der Waals surface area (Å²) in [5.74, 6) is 0.503. The Morgan fingerprint density at radius 2 is 2.19 bits per heavy atom. The molecule has 1 aliphatic heterocycles. The molecule has 1 fully saturated rings. The monoisotopic (exact) mass is 220 g/mol.